The lowest BCUT2D eigenvalue weighted by atomic mass is 10.0. The number of halogens is 1. The molecule has 1 fully saturated rings. The molecule has 1 heterocycles. The van der Waals surface area contributed by atoms with Crippen molar-refractivity contribution in [3.05, 3.63) is 0 Å². The van der Waals surface area contributed by atoms with E-state index in [0.29, 0.717) is 6.04 Å². The molecule has 0 N–H and O–H groups in total. The van der Waals surface area contributed by atoms with Gasteiger partial charge in [-0.2, -0.15) is 0 Å². The molecule has 0 aromatic heterocycles. The molecule has 76 valence electrons. The summed E-state index contributed by atoms with van der Waals surface area (Å²) in [6, 6.07) is 0.391. The van der Waals surface area contributed by atoms with Crippen LogP contribution in [0.25, 0.3) is 0 Å². The number of carbonyl (C=O) groups is 1. The zero-order valence-electron chi connectivity index (χ0n) is 8.29. The second kappa shape index (κ2) is 4.82. The first-order chi connectivity index (χ1) is 6.15. The topological polar surface area (TPSA) is 23.6 Å². The Morgan fingerprint density at radius 1 is 1.54 bits per heavy atom. The number of piperidine rings is 1. The maximum atomic E-state index is 11.3. The largest absolute Gasteiger partial charge is 0.342 e. The van der Waals surface area contributed by atoms with Crippen molar-refractivity contribution in [1.82, 2.24) is 9.80 Å². The highest BCUT2D eigenvalue weighted by molar-refractivity contribution is 6.27. The third-order valence-corrected chi connectivity index (χ3v) is 2.97. The van der Waals surface area contributed by atoms with Crippen LogP contribution in [0.1, 0.15) is 12.8 Å². The highest BCUT2D eigenvalue weighted by atomic mass is 35.5. The Morgan fingerprint density at radius 2 is 2.08 bits per heavy atom. The lowest BCUT2D eigenvalue weighted by molar-refractivity contribution is -0.130. The third kappa shape index (κ3) is 2.85. The van der Waals surface area contributed by atoms with Crippen molar-refractivity contribution in [2.75, 3.05) is 33.1 Å². The molecule has 0 spiro atoms. The Balaban J connectivity index is 2.39. The van der Waals surface area contributed by atoms with Crippen LogP contribution in [0.3, 0.4) is 0 Å². The Bertz CT molecular complexity index is 178. The number of hydrogen-bond donors (Lipinski definition) is 0. The van der Waals surface area contributed by atoms with E-state index in [1.807, 2.05) is 7.05 Å². The molecule has 3 nitrogen and oxygen atoms in total. The van der Waals surface area contributed by atoms with Gasteiger partial charge in [-0.1, -0.05) is 0 Å². The molecule has 0 aliphatic carbocycles. The molecule has 0 aromatic rings. The zero-order chi connectivity index (χ0) is 9.84. The first-order valence-corrected chi connectivity index (χ1v) is 5.18. The van der Waals surface area contributed by atoms with Gasteiger partial charge in [0.05, 0.1) is 0 Å². The lowest BCUT2D eigenvalue weighted by Crippen LogP contribution is -2.44. The first kappa shape index (κ1) is 10.8. The van der Waals surface area contributed by atoms with E-state index in [4.69, 9.17) is 11.6 Å². The summed E-state index contributed by atoms with van der Waals surface area (Å²) < 4.78 is 0. The summed E-state index contributed by atoms with van der Waals surface area (Å²) >= 11 is 5.49. The van der Waals surface area contributed by atoms with E-state index < -0.39 is 0 Å². The van der Waals surface area contributed by atoms with Gasteiger partial charge in [0, 0.05) is 13.1 Å². The molecular formula is C9H17ClN2O. The summed E-state index contributed by atoms with van der Waals surface area (Å²) in [4.78, 5) is 15.4. The van der Waals surface area contributed by atoms with Crippen LogP contribution >= 0.6 is 11.6 Å². The van der Waals surface area contributed by atoms with Gasteiger partial charge in [-0.3, -0.25) is 4.79 Å². The zero-order valence-corrected chi connectivity index (χ0v) is 9.05. The van der Waals surface area contributed by atoms with Crippen LogP contribution in [0.2, 0.25) is 0 Å². The number of amides is 1. The molecule has 1 saturated heterocycles. The van der Waals surface area contributed by atoms with E-state index in [-0.39, 0.29) is 11.8 Å². The first-order valence-electron chi connectivity index (χ1n) is 4.65. The minimum Gasteiger partial charge on any atom is -0.342 e. The average molecular weight is 205 g/mol. The number of likely N-dealkylation sites (tertiary alicyclic amines) is 1. The van der Waals surface area contributed by atoms with Crippen LogP contribution in [0.15, 0.2) is 0 Å². The molecule has 1 aliphatic heterocycles. The van der Waals surface area contributed by atoms with E-state index in [9.17, 15) is 4.79 Å². The fourth-order valence-corrected chi connectivity index (χ4v) is 1.87. The van der Waals surface area contributed by atoms with Crippen molar-refractivity contribution < 1.29 is 4.79 Å². The standard InChI is InChI=1S/C9H17ClN2O/c1-11-5-3-8(4-6-11)12(2)9(13)7-10/h8H,3-7H2,1-2H3. The minimum absolute atomic E-state index is 0.0382. The Labute approximate surface area is 84.6 Å². The fraction of sp³-hybridized carbons (Fsp3) is 0.889. The van der Waals surface area contributed by atoms with Crippen LogP contribution in [-0.2, 0) is 4.79 Å². The number of rotatable bonds is 2. The van der Waals surface area contributed by atoms with Gasteiger partial charge in [-0.05, 0) is 33.0 Å². The van der Waals surface area contributed by atoms with Crippen LogP contribution in [0.4, 0.5) is 0 Å². The van der Waals surface area contributed by atoms with Crippen LogP contribution in [0, 0.1) is 0 Å². The van der Waals surface area contributed by atoms with E-state index in [1.165, 1.54) is 0 Å². The van der Waals surface area contributed by atoms with Crippen LogP contribution < -0.4 is 0 Å². The Morgan fingerprint density at radius 3 is 2.54 bits per heavy atom. The molecule has 1 rings (SSSR count). The number of hydrogen-bond acceptors (Lipinski definition) is 2. The molecule has 0 aromatic carbocycles. The number of alkyl halides is 1. The Hall–Kier alpha value is -0.280. The van der Waals surface area contributed by atoms with Crippen LogP contribution in [-0.4, -0.2) is 54.8 Å². The second-order valence-corrected chi connectivity index (χ2v) is 3.94. The summed E-state index contributed by atoms with van der Waals surface area (Å²) in [5.41, 5.74) is 0. The van der Waals surface area contributed by atoms with E-state index in [0.717, 1.165) is 25.9 Å². The van der Waals surface area contributed by atoms with Gasteiger partial charge in [-0.15, -0.1) is 11.6 Å². The monoisotopic (exact) mass is 204 g/mol. The number of nitrogens with zero attached hydrogens (tertiary/aromatic N) is 2. The predicted molar refractivity (Wildman–Crippen MR) is 54.0 cm³/mol. The predicted octanol–water partition coefficient (Wildman–Crippen LogP) is 0.778. The van der Waals surface area contributed by atoms with Crippen molar-refractivity contribution >= 4 is 17.5 Å². The molecule has 0 radical (unpaired) electrons. The molecule has 4 heteroatoms. The van der Waals surface area contributed by atoms with Crippen molar-refractivity contribution in [2.24, 2.45) is 0 Å². The summed E-state index contributed by atoms with van der Waals surface area (Å²) in [6.07, 6.45) is 2.13. The van der Waals surface area contributed by atoms with Gasteiger partial charge in [-0.25, -0.2) is 0 Å². The summed E-state index contributed by atoms with van der Waals surface area (Å²) in [6.45, 7) is 2.15. The van der Waals surface area contributed by atoms with Gasteiger partial charge in [0.2, 0.25) is 5.91 Å². The SMILES string of the molecule is CN1CCC(N(C)C(=O)CCl)CC1. The van der Waals surface area contributed by atoms with Crippen molar-refractivity contribution in [2.45, 2.75) is 18.9 Å². The van der Waals surface area contributed by atoms with Crippen LogP contribution in [0.5, 0.6) is 0 Å². The average Bonchev–Trinajstić information content (AvgIpc) is 2.17. The molecule has 0 unspecified atom stereocenters. The maximum Gasteiger partial charge on any atom is 0.237 e. The fourth-order valence-electron chi connectivity index (χ4n) is 1.68. The lowest BCUT2D eigenvalue weighted by Gasteiger charge is -2.34. The normalized spacial score (nSPS) is 20.2. The molecule has 0 atom stereocenters. The van der Waals surface area contributed by atoms with E-state index >= 15 is 0 Å². The summed E-state index contributed by atoms with van der Waals surface area (Å²) in [7, 11) is 3.96. The molecule has 1 amide bonds. The molecule has 0 bridgehead atoms. The van der Waals surface area contributed by atoms with E-state index in [1.54, 1.807) is 4.90 Å². The molecule has 13 heavy (non-hydrogen) atoms. The quantitative estimate of drug-likeness (QED) is 0.621. The van der Waals surface area contributed by atoms with E-state index in [2.05, 4.69) is 11.9 Å². The van der Waals surface area contributed by atoms with Crippen molar-refractivity contribution in [3.63, 3.8) is 0 Å². The molecule has 0 saturated carbocycles. The maximum absolute atomic E-state index is 11.3. The van der Waals surface area contributed by atoms with Crippen molar-refractivity contribution in [1.29, 1.82) is 0 Å². The minimum atomic E-state index is 0.0382. The van der Waals surface area contributed by atoms with Gasteiger partial charge in [0.1, 0.15) is 5.88 Å². The molecule has 1 aliphatic rings. The summed E-state index contributed by atoms with van der Waals surface area (Å²) in [5, 5.41) is 0. The smallest absolute Gasteiger partial charge is 0.237 e. The van der Waals surface area contributed by atoms with Gasteiger partial charge < -0.3 is 9.80 Å². The van der Waals surface area contributed by atoms with Gasteiger partial charge >= 0.3 is 0 Å². The number of carbonyl (C=O) groups excluding carboxylic acids is 1. The Kier molecular flexibility index (Phi) is 4.00. The van der Waals surface area contributed by atoms with Gasteiger partial charge in [0.15, 0.2) is 0 Å². The van der Waals surface area contributed by atoms with Gasteiger partial charge in [0.25, 0.3) is 0 Å². The highest BCUT2D eigenvalue weighted by Crippen LogP contribution is 2.14. The highest BCUT2D eigenvalue weighted by Gasteiger charge is 2.22. The second-order valence-electron chi connectivity index (χ2n) is 3.67. The van der Waals surface area contributed by atoms with Crippen molar-refractivity contribution in [3.8, 4) is 0 Å². The summed E-state index contributed by atoms with van der Waals surface area (Å²) in [5.74, 6) is 0.138. The molecular weight excluding hydrogens is 188 g/mol. The third-order valence-electron chi connectivity index (χ3n) is 2.74.